The van der Waals surface area contributed by atoms with Gasteiger partial charge < -0.3 is 19.1 Å². The number of nitrogens with zero attached hydrogens (tertiary/aromatic N) is 4. The van der Waals surface area contributed by atoms with Crippen molar-refractivity contribution in [3.8, 4) is 0 Å². The van der Waals surface area contributed by atoms with Crippen LogP contribution in [0.2, 0.25) is 0 Å². The van der Waals surface area contributed by atoms with Gasteiger partial charge in [0.1, 0.15) is 0 Å². The van der Waals surface area contributed by atoms with E-state index in [1.165, 1.54) is 0 Å². The normalized spacial score (nSPS) is 20.0. The third-order valence-electron chi connectivity index (χ3n) is 5.99. The van der Waals surface area contributed by atoms with Crippen molar-refractivity contribution in [1.29, 1.82) is 0 Å². The molecule has 2 saturated heterocycles. The Morgan fingerprint density at radius 2 is 1.93 bits per heavy atom. The van der Waals surface area contributed by atoms with Crippen LogP contribution >= 0.6 is 0 Å². The van der Waals surface area contributed by atoms with Crippen LogP contribution in [0.15, 0.2) is 4.42 Å². The summed E-state index contributed by atoms with van der Waals surface area (Å²) in [6, 6.07) is 0. The van der Waals surface area contributed by atoms with Crippen LogP contribution in [0.4, 0.5) is 0 Å². The predicted octanol–water partition coefficient (Wildman–Crippen LogP) is 2.09. The fourth-order valence-electron chi connectivity index (χ4n) is 4.35. The quantitative estimate of drug-likeness (QED) is 0.787. The molecule has 2 fully saturated rings. The van der Waals surface area contributed by atoms with Crippen molar-refractivity contribution in [2.75, 3.05) is 46.8 Å². The zero-order valence-corrected chi connectivity index (χ0v) is 17.1. The number of amides is 2. The Kier molecular flexibility index (Phi) is 5.89. The van der Waals surface area contributed by atoms with Crippen molar-refractivity contribution in [1.82, 2.24) is 19.7 Å². The first kappa shape index (κ1) is 19.9. The summed E-state index contributed by atoms with van der Waals surface area (Å²) >= 11 is 0. The largest absolute Gasteiger partial charge is 0.436 e. The van der Waals surface area contributed by atoms with E-state index in [0.29, 0.717) is 23.8 Å². The molecule has 1 aromatic heterocycles. The van der Waals surface area contributed by atoms with Crippen molar-refractivity contribution in [2.45, 2.75) is 46.0 Å². The standard InChI is InChI=1S/C20H32N4O3/c1-15-18(27-16(2)21-15)19(26)23-12-8-20(9-13-23)7-6-17(25)24(14-20)11-5-10-22(3)4/h5-14H2,1-4H3. The topological polar surface area (TPSA) is 69.9 Å². The van der Waals surface area contributed by atoms with Crippen LogP contribution in [0.5, 0.6) is 0 Å². The molecule has 2 aliphatic heterocycles. The molecule has 7 nitrogen and oxygen atoms in total. The molecule has 0 aliphatic carbocycles. The average Bonchev–Trinajstić information content (AvgIpc) is 2.96. The molecular formula is C20H32N4O3. The van der Waals surface area contributed by atoms with Gasteiger partial charge in [0.05, 0.1) is 5.69 Å². The third-order valence-corrected chi connectivity index (χ3v) is 5.99. The first-order chi connectivity index (χ1) is 12.8. The maximum atomic E-state index is 12.7. The first-order valence-corrected chi connectivity index (χ1v) is 9.95. The summed E-state index contributed by atoms with van der Waals surface area (Å²) in [6.07, 6.45) is 4.48. The molecule has 7 heteroatoms. The van der Waals surface area contributed by atoms with E-state index in [1.54, 1.807) is 6.92 Å². The van der Waals surface area contributed by atoms with Gasteiger partial charge in [-0.1, -0.05) is 0 Å². The van der Waals surface area contributed by atoms with Gasteiger partial charge >= 0.3 is 0 Å². The van der Waals surface area contributed by atoms with Crippen molar-refractivity contribution in [3.05, 3.63) is 17.3 Å². The van der Waals surface area contributed by atoms with Crippen molar-refractivity contribution < 1.29 is 14.0 Å². The number of carbonyl (C=O) groups is 2. The number of likely N-dealkylation sites (tertiary alicyclic amines) is 2. The Morgan fingerprint density at radius 1 is 1.22 bits per heavy atom. The van der Waals surface area contributed by atoms with Crippen LogP contribution in [0.3, 0.4) is 0 Å². The molecule has 0 N–H and O–H groups in total. The van der Waals surface area contributed by atoms with Crippen LogP contribution in [0.1, 0.15) is 54.2 Å². The lowest BCUT2D eigenvalue weighted by molar-refractivity contribution is -0.139. The van der Waals surface area contributed by atoms with E-state index in [2.05, 4.69) is 28.9 Å². The summed E-state index contributed by atoms with van der Waals surface area (Å²) in [7, 11) is 4.12. The van der Waals surface area contributed by atoms with Gasteiger partial charge in [-0.25, -0.2) is 4.98 Å². The van der Waals surface area contributed by atoms with Gasteiger partial charge in [-0.3, -0.25) is 9.59 Å². The Bertz CT molecular complexity index is 689. The molecule has 3 heterocycles. The zero-order valence-electron chi connectivity index (χ0n) is 17.1. The summed E-state index contributed by atoms with van der Waals surface area (Å²) < 4.78 is 5.50. The van der Waals surface area contributed by atoms with Gasteiger partial charge in [-0.15, -0.1) is 0 Å². The molecule has 0 unspecified atom stereocenters. The maximum absolute atomic E-state index is 12.7. The highest BCUT2D eigenvalue weighted by atomic mass is 16.4. The second-order valence-corrected chi connectivity index (χ2v) is 8.41. The zero-order chi connectivity index (χ0) is 19.6. The highest BCUT2D eigenvalue weighted by Gasteiger charge is 2.42. The maximum Gasteiger partial charge on any atom is 0.291 e. The lowest BCUT2D eigenvalue weighted by Crippen LogP contribution is -2.52. The van der Waals surface area contributed by atoms with E-state index in [9.17, 15) is 9.59 Å². The minimum absolute atomic E-state index is 0.0577. The molecule has 1 aromatic rings. The van der Waals surface area contributed by atoms with Crippen LogP contribution in [0, 0.1) is 19.3 Å². The van der Waals surface area contributed by atoms with E-state index < -0.39 is 0 Å². The minimum atomic E-state index is -0.0577. The van der Waals surface area contributed by atoms with Crippen LogP contribution in [0.25, 0.3) is 0 Å². The van der Waals surface area contributed by atoms with E-state index in [0.717, 1.165) is 58.4 Å². The van der Waals surface area contributed by atoms with Gasteiger partial charge in [0.2, 0.25) is 11.7 Å². The molecule has 0 bridgehead atoms. The predicted molar refractivity (Wildman–Crippen MR) is 103 cm³/mol. The van der Waals surface area contributed by atoms with E-state index in [1.807, 2.05) is 11.8 Å². The number of hydrogen-bond donors (Lipinski definition) is 0. The molecule has 0 saturated carbocycles. The van der Waals surface area contributed by atoms with Crippen LogP contribution < -0.4 is 0 Å². The van der Waals surface area contributed by atoms with Gasteiger partial charge in [0.25, 0.3) is 5.91 Å². The fraction of sp³-hybridized carbons (Fsp3) is 0.750. The lowest BCUT2D eigenvalue weighted by Gasteiger charge is -2.47. The summed E-state index contributed by atoms with van der Waals surface area (Å²) in [5.74, 6) is 1.12. The van der Waals surface area contributed by atoms with Crippen molar-refractivity contribution in [3.63, 3.8) is 0 Å². The Morgan fingerprint density at radius 3 is 2.52 bits per heavy atom. The first-order valence-electron chi connectivity index (χ1n) is 9.95. The Balaban J connectivity index is 1.57. The van der Waals surface area contributed by atoms with Gasteiger partial charge in [-0.2, -0.15) is 0 Å². The summed E-state index contributed by atoms with van der Waals surface area (Å²) in [6.45, 7) is 7.68. The molecule has 150 valence electrons. The third kappa shape index (κ3) is 4.51. The number of carbonyl (C=O) groups excluding carboxylic acids is 2. The van der Waals surface area contributed by atoms with Gasteiger partial charge in [0, 0.05) is 39.5 Å². The molecule has 0 aromatic carbocycles. The van der Waals surface area contributed by atoms with E-state index in [4.69, 9.17) is 4.42 Å². The Hall–Kier alpha value is -1.89. The number of hydrogen-bond acceptors (Lipinski definition) is 5. The molecule has 0 atom stereocenters. The molecule has 3 rings (SSSR count). The fourth-order valence-corrected chi connectivity index (χ4v) is 4.35. The molecule has 0 radical (unpaired) electrons. The summed E-state index contributed by atoms with van der Waals surface area (Å²) in [5.41, 5.74) is 0.822. The summed E-state index contributed by atoms with van der Waals surface area (Å²) in [4.78, 5) is 35.4. The number of aromatic nitrogens is 1. The summed E-state index contributed by atoms with van der Waals surface area (Å²) in [5, 5.41) is 0. The second kappa shape index (κ2) is 8.00. The molecule has 2 amide bonds. The number of oxazole rings is 1. The Labute approximate surface area is 161 Å². The monoisotopic (exact) mass is 376 g/mol. The van der Waals surface area contributed by atoms with E-state index in [-0.39, 0.29) is 17.2 Å². The number of rotatable bonds is 5. The number of aryl methyl sites for hydroxylation is 2. The average molecular weight is 377 g/mol. The van der Waals surface area contributed by atoms with Gasteiger partial charge in [-0.05, 0) is 58.7 Å². The molecule has 2 aliphatic rings. The SMILES string of the molecule is Cc1nc(C)c(C(=O)N2CCC3(CCC(=O)N(CCCN(C)C)C3)CC2)o1. The van der Waals surface area contributed by atoms with Crippen molar-refractivity contribution in [2.24, 2.45) is 5.41 Å². The molecular weight excluding hydrogens is 344 g/mol. The number of piperidine rings is 2. The van der Waals surface area contributed by atoms with Crippen molar-refractivity contribution >= 4 is 11.8 Å². The smallest absolute Gasteiger partial charge is 0.291 e. The van der Waals surface area contributed by atoms with Gasteiger partial charge in [0.15, 0.2) is 5.89 Å². The highest BCUT2D eigenvalue weighted by Crippen LogP contribution is 2.40. The lowest BCUT2D eigenvalue weighted by atomic mass is 9.72. The highest BCUT2D eigenvalue weighted by molar-refractivity contribution is 5.92. The van der Waals surface area contributed by atoms with E-state index >= 15 is 0 Å². The molecule has 27 heavy (non-hydrogen) atoms. The second-order valence-electron chi connectivity index (χ2n) is 8.41. The van der Waals surface area contributed by atoms with Crippen LogP contribution in [-0.2, 0) is 4.79 Å². The minimum Gasteiger partial charge on any atom is -0.436 e. The molecule has 1 spiro atoms. The van der Waals surface area contributed by atoms with Crippen LogP contribution in [-0.4, -0.2) is 78.3 Å².